The van der Waals surface area contributed by atoms with E-state index >= 15 is 0 Å². The minimum absolute atomic E-state index is 0.0113. The molecule has 96 valence electrons. The molecule has 1 aliphatic rings. The number of anilines is 1. The van der Waals surface area contributed by atoms with Crippen molar-refractivity contribution in [1.82, 2.24) is 4.57 Å². The standard InChI is InChI=1S/C14H14N3O2/c1-15-11-8-12(18)16(2)14(17(11)9-13(15)19)10-6-4-3-5-7-10/h3-8H,9H2,1-2H3/q+1. The van der Waals surface area contributed by atoms with Gasteiger partial charge in [0.15, 0.2) is 6.54 Å². The predicted molar refractivity (Wildman–Crippen MR) is 70.7 cm³/mol. The quantitative estimate of drug-likeness (QED) is 0.690. The number of carbonyl (C=O) groups is 1. The van der Waals surface area contributed by atoms with Crippen molar-refractivity contribution in [2.45, 2.75) is 6.54 Å². The number of hydrogen-bond donors (Lipinski definition) is 0. The summed E-state index contributed by atoms with van der Waals surface area (Å²) in [5, 5.41) is 0. The number of aromatic nitrogens is 2. The largest absolute Gasteiger partial charge is 0.316 e. The summed E-state index contributed by atoms with van der Waals surface area (Å²) in [6, 6.07) is 11.1. The Kier molecular flexibility index (Phi) is 2.48. The summed E-state index contributed by atoms with van der Waals surface area (Å²) in [4.78, 5) is 25.4. The fraction of sp³-hybridized carbons (Fsp3) is 0.214. The van der Waals surface area contributed by atoms with Crippen molar-refractivity contribution in [1.29, 1.82) is 0 Å². The molecular formula is C14H14N3O2+. The van der Waals surface area contributed by atoms with Gasteiger partial charge in [-0.1, -0.05) is 18.2 Å². The van der Waals surface area contributed by atoms with Crippen molar-refractivity contribution in [3.63, 3.8) is 0 Å². The van der Waals surface area contributed by atoms with Crippen LogP contribution in [0.15, 0.2) is 41.2 Å². The lowest BCUT2D eigenvalue weighted by Crippen LogP contribution is -2.41. The molecule has 0 fully saturated rings. The Morgan fingerprint density at radius 2 is 1.79 bits per heavy atom. The molecule has 3 rings (SSSR count). The Bertz CT molecular complexity index is 719. The molecule has 0 saturated heterocycles. The molecular weight excluding hydrogens is 242 g/mol. The van der Waals surface area contributed by atoms with E-state index in [0.29, 0.717) is 5.82 Å². The van der Waals surface area contributed by atoms with E-state index in [9.17, 15) is 9.59 Å². The van der Waals surface area contributed by atoms with Crippen LogP contribution in [-0.2, 0) is 18.4 Å². The lowest BCUT2D eigenvalue weighted by Gasteiger charge is -2.09. The number of likely N-dealkylation sites (N-methyl/N-ethyl adjacent to an activating group) is 1. The minimum Gasteiger partial charge on any atom is -0.252 e. The van der Waals surface area contributed by atoms with Gasteiger partial charge in [-0.25, -0.2) is 14.0 Å². The molecule has 1 aliphatic heterocycles. The Morgan fingerprint density at radius 1 is 1.11 bits per heavy atom. The van der Waals surface area contributed by atoms with Crippen LogP contribution >= 0.6 is 0 Å². The monoisotopic (exact) mass is 256 g/mol. The fourth-order valence-corrected chi connectivity index (χ4v) is 2.42. The van der Waals surface area contributed by atoms with E-state index in [-0.39, 0.29) is 18.0 Å². The van der Waals surface area contributed by atoms with E-state index in [1.54, 1.807) is 18.7 Å². The Morgan fingerprint density at radius 3 is 2.47 bits per heavy atom. The zero-order valence-electron chi connectivity index (χ0n) is 10.8. The maximum atomic E-state index is 12.0. The minimum atomic E-state index is -0.119. The number of amides is 1. The highest BCUT2D eigenvalue weighted by molar-refractivity contribution is 5.92. The molecule has 0 unspecified atom stereocenters. The fourth-order valence-electron chi connectivity index (χ4n) is 2.42. The van der Waals surface area contributed by atoms with Crippen LogP contribution in [0.25, 0.3) is 11.4 Å². The summed E-state index contributed by atoms with van der Waals surface area (Å²) < 4.78 is 3.45. The predicted octanol–water partition coefficient (Wildman–Crippen LogP) is 0.316. The van der Waals surface area contributed by atoms with Gasteiger partial charge in [-0.3, -0.25) is 9.59 Å². The SMILES string of the molecule is CN1C(=O)C[n+]2c1cc(=O)n(C)c2-c1ccccc1. The Labute approximate surface area is 110 Å². The Hall–Kier alpha value is -2.43. The number of fused-ring (bicyclic) bond motifs is 1. The van der Waals surface area contributed by atoms with Crippen LogP contribution in [0.5, 0.6) is 0 Å². The molecule has 1 aromatic heterocycles. The molecule has 0 aliphatic carbocycles. The average Bonchev–Trinajstić information content (AvgIpc) is 2.68. The molecule has 5 nitrogen and oxygen atoms in total. The van der Waals surface area contributed by atoms with Gasteiger partial charge in [0.2, 0.25) is 11.6 Å². The molecule has 5 heteroatoms. The first-order valence-corrected chi connectivity index (χ1v) is 6.05. The normalized spacial score (nSPS) is 13.8. The molecule has 0 radical (unpaired) electrons. The van der Waals surface area contributed by atoms with Crippen LogP contribution in [0.2, 0.25) is 0 Å². The van der Waals surface area contributed by atoms with Gasteiger partial charge >= 0.3 is 11.5 Å². The van der Waals surface area contributed by atoms with E-state index in [4.69, 9.17) is 0 Å². The van der Waals surface area contributed by atoms with Crippen LogP contribution in [-0.4, -0.2) is 17.5 Å². The number of hydrogen-bond acceptors (Lipinski definition) is 2. The van der Waals surface area contributed by atoms with Gasteiger partial charge in [-0.05, 0) is 12.1 Å². The second-order valence-corrected chi connectivity index (χ2v) is 4.63. The van der Waals surface area contributed by atoms with Crippen LogP contribution in [0, 0.1) is 0 Å². The van der Waals surface area contributed by atoms with Gasteiger partial charge in [0.1, 0.15) is 0 Å². The number of carbonyl (C=O) groups excluding carboxylic acids is 1. The summed E-state index contributed by atoms with van der Waals surface area (Å²) in [5.74, 6) is 1.38. The third-order valence-electron chi connectivity index (χ3n) is 3.48. The third kappa shape index (κ3) is 1.66. The van der Waals surface area contributed by atoms with Gasteiger partial charge in [-0.15, -0.1) is 0 Å². The summed E-state index contributed by atoms with van der Waals surface area (Å²) in [6.45, 7) is 0.268. The molecule has 19 heavy (non-hydrogen) atoms. The van der Waals surface area contributed by atoms with Crippen molar-refractivity contribution in [2.75, 3.05) is 11.9 Å². The summed E-state index contributed by atoms with van der Waals surface area (Å²) in [6.07, 6.45) is 0. The van der Waals surface area contributed by atoms with Crippen LogP contribution in [0.4, 0.5) is 5.82 Å². The number of rotatable bonds is 1. The Balaban J connectivity index is 2.35. The summed E-state index contributed by atoms with van der Waals surface area (Å²) in [7, 11) is 3.41. The van der Waals surface area contributed by atoms with E-state index in [2.05, 4.69) is 0 Å². The molecule has 0 N–H and O–H groups in total. The molecule has 1 amide bonds. The van der Waals surface area contributed by atoms with Crippen LogP contribution in [0.1, 0.15) is 0 Å². The molecule has 0 atom stereocenters. The summed E-state index contributed by atoms with van der Waals surface area (Å²) >= 11 is 0. The summed E-state index contributed by atoms with van der Waals surface area (Å²) in [5.41, 5.74) is 0.804. The average molecular weight is 256 g/mol. The second kappa shape index (κ2) is 4.05. The maximum absolute atomic E-state index is 12.0. The first kappa shape index (κ1) is 11.6. The smallest absolute Gasteiger partial charge is 0.252 e. The van der Waals surface area contributed by atoms with Crippen LogP contribution < -0.4 is 15.0 Å². The first-order chi connectivity index (χ1) is 9.09. The topological polar surface area (TPSA) is 46.2 Å². The van der Waals surface area contributed by atoms with Gasteiger partial charge in [0.05, 0.1) is 20.2 Å². The van der Waals surface area contributed by atoms with Gasteiger partial charge < -0.3 is 0 Å². The van der Waals surface area contributed by atoms with Gasteiger partial charge in [0.25, 0.3) is 0 Å². The molecule has 0 bridgehead atoms. The zero-order valence-corrected chi connectivity index (χ0v) is 10.8. The highest BCUT2D eigenvalue weighted by atomic mass is 16.2. The van der Waals surface area contributed by atoms with Crippen molar-refractivity contribution in [3.8, 4) is 11.4 Å². The molecule has 2 heterocycles. The second-order valence-electron chi connectivity index (χ2n) is 4.63. The lowest BCUT2D eigenvalue weighted by atomic mass is 10.2. The highest BCUT2D eigenvalue weighted by Crippen LogP contribution is 2.19. The van der Waals surface area contributed by atoms with Crippen molar-refractivity contribution in [2.24, 2.45) is 7.05 Å². The maximum Gasteiger partial charge on any atom is 0.316 e. The van der Waals surface area contributed by atoms with Crippen molar-refractivity contribution in [3.05, 3.63) is 46.8 Å². The molecule has 2 aromatic rings. The van der Waals surface area contributed by atoms with Crippen molar-refractivity contribution < 1.29 is 9.36 Å². The van der Waals surface area contributed by atoms with Crippen molar-refractivity contribution >= 4 is 11.7 Å². The molecule has 0 saturated carbocycles. The third-order valence-corrected chi connectivity index (χ3v) is 3.48. The number of nitrogens with zero attached hydrogens (tertiary/aromatic N) is 3. The highest BCUT2D eigenvalue weighted by Gasteiger charge is 2.34. The van der Waals surface area contributed by atoms with E-state index in [0.717, 1.165) is 11.4 Å². The number of benzene rings is 1. The van der Waals surface area contributed by atoms with E-state index in [1.165, 1.54) is 11.0 Å². The van der Waals surface area contributed by atoms with E-state index < -0.39 is 0 Å². The molecule has 0 spiro atoms. The lowest BCUT2D eigenvalue weighted by molar-refractivity contribution is -0.657. The van der Waals surface area contributed by atoms with Crippen LogP contribution in [0.3, 0.4) is 0 Å². The molecule has 1 aromatic carbocycles. The van der Waals surface area contributed by atoms with E-state index in [1.807, 2.05) is 34.9 Å². The zero-order chi connectivity index (χ0) is 13.6. The first-order valence-electron chi connectivity index (χ1n) is 6.05. The van der Waals surface area contributed by atoms with Gasteiger partial charge in [0, 0.05) is 5.56 Å². The van der Waals surface area contributed by atoms with Gasteiger partial charge in [-0.2, -0.15) is 0 Å².